The Morgan fingerprint density at radius 3 is 2.23 bits per heavy atom. The van der Waals surface area contributed by atoms with Gasteiger partial charge in [-0.1, -0.05) is 0 Å². The fraction of sp³-hybridized carbons (Fsp3) is 0.750. The number of hydrogen-bond donors (Lipinski definition) is 1. The van der Waals surface area contributed by atoms with Gasteiger partial charge in [0.05, 0.1) is 6.42 Å². The molecule has 0 spiro atoms. The van der Waals surface area contributed by atoms with Crippen molar-refractivity contribution in [3.8, 4) is 0 Å². The average molecular weight is 189 g/mol. The molecule has 0 heterocycles. The molecule has 0 atom stereocenters. The molecule has 13 heavy (non-hydrogen) atoms. The Kier molecular flexibility index (Phi) is 4.23. The van der Waals surface area contributed by atoms with Crippen molar-refractivity contribution in [3.05, 3.63) is 0 Å². The average Bonchev–Trinajstić information content (AvgIpc) is 1.81. The van der Waals surface area contributed by atoms with Crippen LogP contribution in [-0.2, 0) is 14.3 Å². The van der Waals surface area contributed by atoms with E-state index in [1.54, 1.807) is 20.8 Å². The first-order valence-corrected chi connectivity index (χ1v) is 3.95. The van der Waals surface area contributed by atoms with E-state index in [9.17, 15) is 9.59 Å². The van der Waals surface area contributed by atoms with Gasteiger partial charge in [0, 0.05) is 0 Å². The van der Waals surface area contributed by atoms with E-state index in [4.69, 9.17) is 10.5 Å². The summed E-state index contributed by atoms with van der Waals surface area (Å²) < 4.78 is 9.31. The smallest absolute Gasteiger partial charge is 0.404 e. The second kappa shape index (κ2) is 4.69. The third-order valence-corrected chi connectivity index (χ3v) is 0.971. The minimum Gasteiger partial charge on any atom is -0.460 e. The second-order valence-corrected chi connectivity index (χ2v) is 3.50. The molecule has 5 nitrogen and oxygen atoms in total. The van der Waals surface area contributed by atoms with Gasteiger partial charge < -0.3 is 15.2 Å². The monoisotopic (exact) mass is 189 g/mol. The van der Waals surface area contributed by atoms with Gasteiger partial charge >= 0.3 is 12.1 Å². The van der Waals surface area contributed by atoms with E-state index < -0.39 is 17.7 Å². The van der Waals surface area contributed by atoms with Crippen LogP contribution in [0.5, 0.6) is 0 Å². The highest BCUT2D eigenvalue weighted by molar-refractivity contribution is 5.70. The zero-order chi connectivity index (χ0) is 10.5. The summed E-state index contributed by atoms with van der Waals surface area (Å²) in [4.78, 5) is 21.1. The van der Waals surface area contributed by atoms with E-state index in [2.05, 4.69) is 4.74 Å². The molecule has 0 rings (SSSR count). The Labute approximate surface area is 77.2 Å². The fourth-order valence-corrected chi connectivity index (χ4v) is 0.627. The summed E-state index contributed by atoms with van der Waals surface area (Å²) in [7, 11) is 0. The molecular formula is C8H15NO4. The molecule has 0 aliphatic heterocycles. The van der Waals surface area contributed by atoms with Gasteiger partial charge in [0.15, 0.2) is 0 Å². The largest absolute Gasteiger partial charge is 0.460 e. The molecule has 0 aliphatic carbocycles. The zero-order valence-corrected chi connectivity index (χ0v) is 8.12. The van der Waals surface area contributed by atoms with Gasteiger partial charge in [-0.05, 0) is 20.8 Å². The number of primary amides is 1. The lowest BCUT2D eigenvalue weighted by molar-refractivity contribution is -0.155. The molecule has 0 saturated carbocycles. The van der Waals surface area contributed by atoms with Crippen LogP contribution in [0.3, 0.4) is 0 Å². The Balaban J connectivity index is 3.59. The SMILES string of the molecule is CC(C)(C)OC(=O)CCOC(N)=O. The molecule has 2 N–H and O–H groups in total. The lowest BCUT2D eigenvalue weighted by Crippen LogP contribution is -2.25. The van der Waals surface area contributed by atoms with Crippen molar-refractivity contribution in [2.45, 2.75) is 32.8 Å². The molecule has 0 bridgehead atoms. The van der Waals surface area contributed by atoms with Gasteiger partial charge in [0.1, 0.15) is 12.2 Å². The second-order valence-electron chi connectivity index (χ2n) is 3.50. The topological polar surface area (TPSA) is 78.6 Å². The molecular weight excluding hydrogens is 174 g/mol. The molecule has 1 amide bonds. The van der Waals surface area contributed by atoms with Gasteiger partial charge in [-0.3, -0.25) is 4.79 Å². The Hall–Kier alpha value is -1.26. The number of carbonyl (C=O) groups excluding carboxylic acids is 2. The molecule has 0 aromatic rings. The molecule has 0 aliphatic rings. The van der Waals surface area contributed by atoms with Crippen LogP contribution in [0.25, 0.3) is 0 Å². The summed E-state index contributed by atoms with van der Waals surface area (Å²) in [5.74, 6) is -0.409. The third kappa shape index (κ3) is 8.65. The van der Waals surface area contributed by atoms with Gasteiger partial charge in [0.2, 0.25) is 0 Å². The maximum Gasteiger partial charge on any atom is 0.404 e. The van der Waals surface area contributed by atoms with Gasteiger partial charge in [0.25, 0.3) is 0 Å². The predicted octanol–water partition coefficient (Wildman–Crippen LogP) is 0.813. The van der Waals surface area contributed by atoms with Crippen LogP contribution in [0.4, 0.5) is 4.79 Å². The number of esters is 1. The lowest BCUT2D eigenvalue weighted by Gasteiger charge is -2.19. The van der Waals surface area contributed by atoms with Gasteiger partial charge in [-0.2, -0.15) is 0 Å². The van der Waals surface area contributed by atoms with Crippen LogP contribution in [0, 0.1) is 0 Å². The number of hydrogen-bond acceptors (Lipinski definition) is 4. The molecule has 0 aromatic carbocycles. The van der Waals surface area contributed by atoms with E-state index in [0.29, 0.717) is 0 Å². The standard InChI is InChI=1S/C8H15NO4/c1-8(2,3)13-6(10)4-5-12-7(9)11/h4-5H2,1-3H3,(H2,9,11). The van der Waals surface area contributed by atoms with Crippen molar-refractivity contribution in [1.29, 1.82) is 0 Å². The van der Waals surface area contributed by atoms with Crippen LogP contribution in [-0.4, -0.2) is 24.3 Å². The fourth-order valence-electron chi connectivity index (χ4n) is 0.627. The van der Waals surface area contributed by atoms with Crippen LogP contribution in [0.15, 0.2) is 0 Å². The van der Waals surface area contributed by atoms with Gasteiger partial charge in [-0.15, -0.1) is 0 Å². The van der Waals surface area contributed by atoms with E-state index in [1.165, 1.54) is 0 Å². The highest BCUT2D eigenvalue weighted by Gasteiger charge is 2.15. The van der Waals surface area contributed by atoms with Crippen LogP contribution in [0.2, 0.25) is 0 Å². The van der Waals surface area contributed by atoms with Crippen molar-refractivity contribution in [1.82, 2.24) is 0 Å². The first kappa shape index (κ1) is 11.7. The van der Waals surface area contributed by atoms with Gasteiger partial charge in [-0.25, -0.2) is 4.79 Å². The quantitative estimate of drug-likeness (QED) is 0.666. The minimum atomic E-state index is -0.886. The number of amides is 1. The van der Waals surface area contributed by atoms with Crippen molar-refractivity contribution < 1.29 is 19.1 Å². The maximum atomic E-state index is 11.0. The van der Waals surface area contributed by atoms with Crippen molar-refractivity contribution in [2.24, 2.45) is 5.73 Å². The Morgan fingerprint density at radius 2 is 1.85 bits per heavy atom. The van der Waals surface area contributed by atoms with Crippen molar-refractivity contribution >= 4 is 12.1 Å². The van der Waals surface area contributed by atoms with E-state index in [0.717, 1.165) is 0 Å². The summed E-state index contributed by atoms with van der Waals surface area (Å²) in [5, 5.41) is 0. The predicted molar refractivity (Wildman–Crippen MR) is 46.0 cm³/mol. The molecule has 0 unspecified atom stereocenters. The molecule has 0 fully saturated rings. The molecule has 0 saturated heterocycles. The third-order valence-electron chi connectivity index (χ3n) is 0.971. The first-order valence-electron chi connectivity index (χ1n) is 3.95. The summed E-state index contributed by atoms with van der Waals surface area (Å²) >= 11 is 0. The molecule has 0 radical (unpaired) electrons. The van der Waals surface area contributed by atoms with E-state index in [-0.39, 0.29) is 13.0 Å². The normalized spacial score (nSPS) is 10.7. The Bertz CT molecular complexity index is 195. The Morgan fingerprint density at radius 1 is 1.31 bits per heavy atom. The number of nitrogens with two attached hydrogens (primary N) is 1. The summed E-state index contributed by atoms with van der Waals surface area (Å²) in [6, 6.07) is 0. The van der Waals surface area contributed by atoms with Crippen molar-refractivity contribution in [3.63, 3.8) is 0 Å². The van der Waals surface area contributed by atoms with E-state index >= 15 is 0 Å². The van der Waals surface area contributed by atoms with Crippen molar-refractivity contribution in [2.75, 3.05) is 6.61 Å². The zero-order valence-electron chi connectivity index (χ0n) is 8.12. The van der Waals surface area contributed by atoms with Crippen LogP contribution < -0.4 is 5.73 Å². The van der Waals surface area contributed by atoms with E-state index in [1.807, 2.05) is 0 Å². The summed E-state index contributed by atoms with van der Waals surface area (Å²) in [5.41, 5.74) is 4.18. The molecule has 0 aromatic heterocycles. The highest BCUT2D eigenvalue weighted by atomic mass is 16.6. The van der Waals surface area contributed by atoms with Crippen LogP contribution >= 0.6 is 0 Å². The molecule has 76 valence electrons. The lowest BCUT2D eigenvalue weighted by atomic mass is 10.2. The minimum absolute atomic E-state index is 0.0280. The number of carbonyl (C=O) groups is 2. The maximum absolute atomic E-state index is 11.0. The number of ether oxygens (including phenoxy) is 2. The summed E-state index contributed by atoms with van der Waals surface area (Å²) in [6.45, 7) is 5.25. The van der Waals surface area contributed by atoms with Crippen LogP contribution in [0.1, 0.15) is 27.2 Å². The molecule has 5 heteroatoms. The first-order chi connectivity index (χ1) is 5.81. The highest BCUT2D eigenvalue weighted by Crippen LogP contribution is 2.07. The summed E-state index contributed by atoms with van der Waals surface area (Å²) in [6.07, 6.45) is -0.858. The number of rotatable bonds is 3.